The zero-order chi connectivity index (χ0) is 23.8. The molecule has 178 valence electrons. The van der Waals surface area contributed by atoms with Gasteiger partial charge in [0.15, 0.2) is 0 Å². The number of H-pyrrole nitrogens is 1. The molecule has 33 heavy (non-hydrogen) atoms. The van der Waals surface area contributed by atoms with Crippen molar-refractivity contribution in [2.75, 3.05) is 40.7 Å². The molecule has 1 aliphatic rings. The lowest BCUT2D eigenvalue weighted by molar-refractivity contribution is 0.102. The van der Waals surface area contributed by atoms with Crippen LogP contribution in [0.4, 0.5) is 5.69 Å². The second kappa shape index (κ2) is 11.6. The van der Waals surface area contributed by atoms with Crippen molar-refractivity contribution in [2.45, 2.75) is 38.0 Å². The second-order valence-corrected chi connectivity index (χ2v) is 8.05. The van der Waals surface area contributed by atoms with Crippen LogP contribution in [0.2, 0.25) is 0 Å². The molecule has 3 aromatic rings. The molecule has 8 heteroatoms. The Labute approximate surface area is 195 Å². The predicted molar refractivity (Wildman–Crippen MR) is 131 cm³/mol. The van der Waals surface area contributed by atoms with Crippen molar-refractivity contribution in [3.63, 3.8) is 0 Å². The molecule has 1 heterocycles. The van der Waals surface area contributed by atoms with Gasteiger partial charge in [0.25, 0.3) is 5.91 Å². The summed E-state index contributed by atoms with van der Waals surface area (Å²) in [5.41, 5.74) is 2.81. The maximum atomic E-state index is 13.0. The van der Waals surface area contributed by atoms with Crippen LogP contribution in [0.25, 0.3) is 11.0 Å². The third-order valence-corrected chi connectivity index (χ3v) is 5.69. The van der Waals surface area contributed by atoms with Crippen molar-refractivity contribution in [3.05, 3.63) is 41.7 Å². The summed E-state index contributed by atoms with van der Waals surface area (Å²) in [4.78, 5) is 21.2. The SMILES string of the molecule is CNC.COc1cc(OC)c(C(=O)Nc2ccc3nc(C4CCCCC4)[nH]c3c2)c(OC)c1. The number of nitrogens with one attached hydrogen (secondary N) is 3. The van der Waals surface area contributed by atoms with E-state index < -0.39 is 0 Å². The quantitative estimate of drug-likeness (QED) is 0.498. The number of carbonyl (C=O) groups is 1. The van der Waals surface area contributed by atoms with Crippen molar-refractivity contribution in [3.8, 4) is 17.2 Å². The van der Waals surface area contributed by atoms with E-state index in [9.17, 15) is 4.79 Å². The number of nitrogens with zero attached hydrogens (tertiary/aromatic N) is 1. The van der Waals surface area contributed by atoms with E-state index in [0.29, 0.717) is 34.4 Å². The summed E-state index contributed by atoms with van der Waals surface area (Å²) >= 11 is 0. The van der Waals surface area contributed by atoms with Crippen molar-refractivity contribution in [1.82, 2.24) is 15.3 Å². The number of benzene rings is 2. The Bertz CT molecular complexity index is 1050. The number of hydrogen-bond acceptors (Lipinski definition) is 6. The van der Waals surface area contributed by atoms with Crippen molar-refractivity contribution in [1.29, 1.82) is 0 Å². The standard InChI is InChI=1S/C23H27N3O4.C2H7N/c1-28-16-12-19(29-2)21(20(13-16)30-3)23(27)24-15-9-10-17-18(11-15)26-22(25-17)14-7-5-4-6-8-14;1-3-2/h9-14H,4-8H2,1-3H3,(H,24,27)(H,25,26);3H,1-2H3. The number of hydrogen-bond donors (Lipinski definition) is 3. The van der Waals surface area contributed by atoms with E-state index in [1.165, 1.54) is 46.3 Å². The molecule has 0 unspecified atom stereocenters. The summed E-state index contributed by atoms with van der Waals surface area (Å²) in [6, 6.07) is 9.01. The number of aromatic amines is 1. The highest BCUT2D eigenvalue weighted by Gasteiger charge is 2.22. The first-order valence-electron chi connectivity index (χ1n) is 11.2. The smallest absolute Gasteiger partial charge is 0.263 e. The minimum atomic E-state index is -0.322. The number of imidazole rings is 1. The summed E-state index contributed by atoms with van der Waals surface area (Å²) in [6.45, 7) is 0. The number of fused-ring (bicyclic) bond motifs is 1. The molecule has 4 rings (SSSR count). The highest BCUT2D eigenvalue weighted by molar-refractivity contribution is 6.09. The number of carbonyl (C=O) groups excluding carboxylic acids is 1. The summed E-state index contributed by atoms with van der Waals surface area (Å²) in [5.74, 6) is 2.53. The van der Waals surface area contributed by atoms with Crippen molar-refractivity contribution < 1.29 is 19.0 Å². The molecule has 1 fully saturated rings. The topological polar surface area (TPSA) is 97.5 Å². The number of amides is 1. The van der Waals surface area contributed by atoms with Gasteiger partial charge in [-0.05, 0) is 45.1 Å². The zero-order valence-corrected chi connectivity index (χ0v) is 20.1. The van der Waals surface area contributed by atoms with E-state index in [4.69, 9.17) is 19.2 Å². The van der Waals surface area contributed by atoms with Gasteiger partial charge >= 0.3 is 0 Å². The number of aromatic nitrogens is 2. The minimum absolute atomic E-state index is 0.313. The van der Waals surface area contributed by atoms with Crippen molar-refractivity contribution >= 4 is 22.6 Å². The second-order valence-electron chi connectivity index (χ2n) is 8.05. The molecule has 3 N–H and O–H groups in total. The maximum absolute atomic E-state index is 13.0. The Morgan fingerprint density at radius 2 is 1.61 bits per heavy atom. The van der Waals surface area contributed by atoms with Gasteiger partial charge in [-0.25, -0.2) is 4.98 Å². The molecule has 0 atom stereocenters. The van der Waals surface area contributed by atoms with E-state index in [-0.39, 0.29) is 5.91 Å². The van der Waals surface area contributed by atoms with E-state index in [0.717, 1.165) is 16.9 Å². The lowest BCUT2D eigenvalue weighted by Gasteiger charge is -2.18. The molecule has 8 nitrogen and oxygen atoms in total. The Kier molecular flexibility index (Phi) is 8.54. The van der Waals surface area contributed by atoms with Gasteiger partial charge in [0, 0.05) is 23.7 Å². The lowest BCUT2D eigenvalue weighted by atomic mass is 9.89. The van der Waals surface area contributed by atoms with Gasteiger partial charge in [-0.2, -0.15) is 0 Å². The molecule has 0 radical (unpaired) electrons. The van der Waals surface area contributed by atoms with Crippen LogP contribution in [0.15, 0.2) is 30.3 Å². The van der Waals surface area contributed by atoms with E-state index >= 15 is 0 Å². The Morgan fingerprint density at radius 3 is 2.18 bits per heavy atom. The largest absolute Gasteiger partial charge is 0.496 e. The third kappa shape index (κ3) is 5.76. The van der Waals surface area contributed by atoms with Crippen LogP contribution in [-0.2, 0) is 0 Å². The number of rotatable bonds is 6. The fraction of sp³-hybridized carbons (Fsp3) is 0.440. The minimum Gasteiger partial charge on any atom is -0.496 e. The summed E-state index contributed by atoms with van der Waals surface area (Å²) in [7, 11) is 8.32. The Morgan fingerprint density at radius 1 is 0.970 bits per heavy atom. The van der Waals surface area contributed by atoms with Gasteiger partial charge in [0.1, 0.15) is 28.6 Å². The molecular formula is C25H34N4O4. The normalized spacial score (nSPS) is 13.7. The third-order valence-electron chi connectivity index (χ3n) is 5.69. The number of ether oxygens (including phenoxy) is 3. The number of methoxy groups -OCH3 is 3. The van der Waals surface area contributed by atoms with E-state index in [1.807, 2.05) is 32.3 Å². The van der Waals surface area contributed by atoms with Crippen LogP contribution < -0.4 is 24.8 Å². The molecule has 2 aromatic carbocycles. The van der Waals surface area contributed by atoms with Gasteiger partial charge in [0.2, 0.25) is 0 Å². The average molecular weight is 455 g/mol. The van der Waals surface area contributed by atoms with Crippen LogP contribution in [-0.4, -0.2) is 51.3 Å². The van der Waals surface area contributed by atoms with Gasteiger partial charge in [0.05, 0.1) is 32.4 Å². The summed E-state index contributed by atoms with van der Waals surface area (Å²) in [6.07, 6.45) is 6.19. The van der Waals surface area contributed by atoms with Crippen LogP contribution >= 0.6 is 0 Å². The molecule has 0 bridgehead atoms. The van der Waals surface area contributed by atoms with Crippen LogP contribution in [0.5, 0.6) is 17.2 Å². The van der Waals surface area contributed by atoms with E-state index in [1.54, 1.807) is 19.2 Å². The molecule has 1 amide bonds. The molecule has 1 aliphatic carbocycles. The highest BCUT2D eigenvalue weighted by atomic mass is 16.5. The monoisotopic (exact) mass is 454 g/mol. The first-order chi connectivity index (χ1) is 16.0. The van der Waals surface area contributed by atoms with Crippen LogP contribution in [0.3, 0.4) is 0 Å². The molecule has 1 aromatic heterocycles. The first-order valence-corrected chi connectivity index (χ1v) is 11.2. The molecule has 1 saturated carbocycles. The fourth-order valence-corrected chi connectivity index (χ4v) is 4.10. The van der Waals surface area contributed by atoms with Gasteiger partial charge in [-0.1, -0.05) is 19.3 Å². The number of anilines is 1. The lowest BCUT2D eigenvalue weighted by Crippen LogP contribution is -2.14. The van der Waals surface area contributed by atoms with Gasteiger partial charge in [-0.3, -0.25) is 4.79 Å². The molecule has 0 spiro atoms. The zero-order valence-electron chi connectivity index (χ0n) is 20.1. The van der Waals surface area contributed by atoms with Gasteiger partial charge in [-0.15, -0.1) is 0 Å². The van der Waals surface area contributed by atoms with E-state index in [2.05, 4.69) is 15.6 Å². The maximum Gasteiger partial charge on any atom is 0.263 e. The Hall–Kier alpha value is -3.26. The molecule has 0 aliphatic heterocycles. The molecule has 0 saturated heterocycles. The summed E-state index contributed by atoms with van der Waals surface area (Å²) < 4.78 is 16.0. The van der Waals surface area contributed by atoms with Crippen LogP contribution in [0.1, 0.15) is 54.2 Å². The highest BCUT2D eigenvalue weighted by Crippen LogP contribution is 2.35. The Balaban J connectivity index is 0.000000968. The van der Waals surface area contributed by atoms with Gasteiger partial charge < -0.3 is 29.8 Å². The van der Waals surface area contributed by atoms with Crippen molar-refractivity contribution in [2.24, 2.45) is 0 Å². The fourth-order valence-electron chi connectivity index (χ4n) is 4.10. The average Bonchev–Trinajstić information content (AvgIpc) is 3.27. The predicted octanol–water partition coefficient (Wildman–Crippen LogP) is 4.72. The first kappa shape index (κ1) is 24.4. The molecular weight excluding hydrogens is 420 g/mol. The summed E-state index contributed by atoms with van der Waals surface area (Å²) in [5, 5.41) is 5.69. The van der Waals surface area contributed by atoms with Crippen LogP contribution in [0, 0.1) is 0 Å².